The molecule has 0 saturated carbocycles. The highest BCUT2D eigenvalue weighted by atomic mass is 16.6. The predicted octanol–water partition coefficient (Wildman–Crippen LogP) is 6.50. The van der Waals surface area contributed by atoms with Crippen LogP contribution in [0.15, 0.2) is 30.3 Å². The molecule has 1 aliphatic heterocycles. The number of benzene rings is 1. The van der Waals surface area contributed by atoms with Crippen LogP contribution in [0.5, 0.6) is 0 Å². The summed E-state index contributed by atoms with van der Waals surface area (Å²) >= 11 is 0. The summed E-state index contributed by atoms with van der Waals surface area (Å²) in [4.78, 5) is 0. The highest BCUT2D eigenvalue weighted by Crippen LogP contribution is 2.37. The van der Waals surface area contributed by atoms with Crippen molar-refractivity contribution in [2.24, 2.45) is 0 Å². The molecule has 190 valence electrons. The highest BCUT2D eigenvalue weighted by molar-refractivity contribution is 5.21. The van der Waals surface area contributed by atoms with E-state index in [1.165, 1.54) is 0 Å². The number of ether oxygens (including phenoxy) is 5. The quantitative estimate of drug-likeness (QED) is 0.232. The van der Waals surface area contributed by atoms with Crippen LogP contribution in [-0.4, -0.2) is 57.5 Å². The fourth-order valence-electron chi connectivity index (χ4n) is 4.07. The Hall–Kier alpha value is -0.980. The topological polar surface area (TPSA) is 46.2 Å². The minimum Gasteiger partial charge on any atom is -0.379 e. The molecule has 0 spiro atoms. The molecule has 1 fully saturated rings. The molecule has 3 unspecified atom stereocenters. The van der Waals surface area contributed by atoms with Crippen molar-refractivity contribution in [1.82, 2.24) is 0 Å². The first-order valence-corrected chi connectivity index (χ1v) is 13.4. The zero-order valence-corrected chi connectivity index (χ0v) is 21.5. The van der Waals surface area contributed by atoms with Crippen LogP contribution in [0.25, 0.3) is 0 Å². The number of unbranched alkanes of at least 4 members (excludes halogenated alkanes) is 4. The van der Waals surface area contributed by atoms with Gasteiger partial charge < -0.3 is 23.7 Å². The van der Waals surface area contributed by atoms with Gasteiger partial charge >= 0.3 is 0 Å². The van der Waals surface area contributed by atoms with Gasteiger partial charge in [-0.15, -0.1) is 0 Å². The van der Waals surface area contributed by atoms with Gasteiger partial charge in [-0.3, -0.25) is 0 Å². The summed E-state index contributed by atoms with van der Waals surface area (Å²) in [6.07, 6.45) is 7.49. The summed E-state index contributed by atoms with van der Waals surface area (Å²) in [5, 5.41) is 0. The standard InChI is InChI=1S/C28H48O5/c1-5-9-18-29-22-24-26(30-19-10-6-2)28(32-21-12-8-4)27(31-20-11-7-3)25(33-24)23-16-14-13-15-17-23/h13-17,24-28H,5-12,18-22H2,1-4H3/t24-,25?,26?,27?,28+/m1/s1. The second-order valence-electron chi connectivity index (χ2n) is 9.00. The van der Waals surface area contributed by atoms with Crippen molar-refractivity contribution in [3.05, 3.63) is 35.9 Å². The lowest BCUT2D eigenvalue weighted by Crippen LogP contribution is -2.58. The summed E-state index contributed by atoms with van der Waals surface area (Å²) in [7, 11) is 0. The third-order valence-electron chi connectivity index (χ3n) is 6.11. The lowest BCUT2D eigenvalue weighted by Gasteiger charge is -2.46. The molecule has 0 bridgehead atoms. The summed E-state index contributed by atoms with van der Waals surface area (Å²) in [5.41, 5.74) is 1.12. The van der Waals surface area contributed by atoms with Crippen LogP contribution in [0.1, 0.15) is 90.7 Å². The molecule has 5 nitrogen and oxygen atoms in total. The zero-order chi connectivity index (χ0) is 23.7. The van der Waals surface area contributed by atoms with Gasteiger partial charge in [0.2, 0.25) is 0 Å². The van der Waals surface area contributed by atoms with Crippen molar-refractivity contribution < 1.29 is 23.7 Å². The summed E-state index contributed by atoms with van der Waals surface area (Å²) in [6, 6.07) is 10.4. The second-order valence-corrected chi connectivity index (χ2v) is 9.00. The van der Waals surface area contributed by atoms with Crippen molar-refractivity contribution in [2.45, 2.75) is 110 Å². The molecule has 2 rings (SSSR count). The van der Waals surface area contributed by atoms with E-state index in [-0.39, 0.29) is 30.5 Å². The third kappa shape index (κ3) is 9.65. The molecule has 5 atom stereocenters. The number of hydrogen-bond donors (Lipinski definition) is 0. The summed E-state index contributed by atoms with van der Waals surface area (Å²) < 4.78 is 32.2. The predicted molar refractivity (Wildman–Crippen MR) is 134 cm³/mol. The molecule has 5 heteroatoms. The minimum atomic E-state index is -0.214. The first-order chi connectivity index (χ1) is 16.3. The van der Waals surface area contributed by atoms with Gasteiger partial charge in [0.25, 0.3) is 0 Å². The normalized spacial score (nSPS) is 25.4. The van der Waals surface area contributed by atoms with Gasteiger partial charge in [-0.1, -0.05) is 83.7 Å². The van der Waals surface area contributed by atoms with Gasteiger partial charge in [-0.2, -0.15) is 0 Å². The fourth-order valence-corrected chi connectivity index (χ4v) is 4.07. The molecule has 1 aliphatic rings. The van der Waals surface area contributed by atoms with E-state index in [2.05, 4.69) is 52.0 Å². The Morgan fingerprint density at radius 3 is 1.73 bits per heavy atom. The van der Waals surface area contributed by atoms with E-state index >= 15 is 0 Å². The fraction of sp³-hybridized carbons (Fsp3) is 0.786. The Kier molecular flexibility index (Phi) is 14.9. The largest absolute Gasteiger partial charge is 0.379 e. The van der Waals surface area contributed by atoms with Crippen molar-refractivity contribution in [1.29, 1.82) is 0 Å². The van der Waals surface area contributed by atoms with Crippen molar-refractivity contribution in [3.63, 3.8) is 0 Å². The Bertz CT molecular complexity index is 581. The Labute approximate surface area is 202 Å². The Morgan fingerprint density at radius 1 is 0.636 bits per heavy atom. The maximum atomic E-state index is 6.72. The molecule has 0 radical (unpaired) electrons. The molecular formula is C28H48O5. The van der Waals surface area contributed by atoms with Gasteiger partial charge in [0.15, 0.2) is 0 Å². The molecule has 1 aromatic carbocycles. The van der Waals surface area contributed by atoms with E-state index < -0.39 is 0 Å². The average molecular weight is 465 g/mol. The summed E-state index contributed by atoms with van der Waals surface area (Å²) in [6.45, 7) is 12.1. The third-order valence-corrected chi connectivity index (χ3v) is 6.11. The van der Waals surface area contributed by atoms with Crippen LogP contribution in [0, 0.1) is 0 Å². The molecule has 33 heavy (non-hydrogen) atoms. The van der Waals surface area contributed by atoms with Gasteiger partial charge in [0.05, 0.1) is 6.61 Å². The van der Waals surface area contributed by atoms with E-state index in [4.69, 9.17) is 23.7 Å². The molecular weight excluding hydrogens is 416 g/mol. The Morgan fingerprint density at radius 2 is 1.15 bits per heavy atom. The smallest absolute Gasteiger partial charge is 0.117 e. The molecule has 0 aliphatic carbocycles. The van der Waals surface area contributed by atoms with E-state index in [1.807, 2.05) is 6.07 Å². The van der Waals surface area contributed by atoms with Gasteiger partial charge in [-0.25, -0.2) is 0 Å². The van der Waals surface area contributed by atoms with Crippen LogP contribution in [-0.2, 0) is 23.7 Å². The SMILES string of the molecule is CCCCOC[C@H]1OC(c2ccccc2)C(OCCCC)[C@@H](OCCCC)C1OCCCC. The molecule has 1 saturated heterocycles. The number of rotatable bonds is 18. The minimum absolute atomic E-state index is 0.191. The molecule has 0 amide bonds. The van der Waals surface area contributed by atoms with Gasteiger partial charge in [-0.05, 0) is 31.2 Å². The average Bonchev–Trinajstić information content (AvgIpc) is 2.84. The highest BCUT2D eigenvalue weighted by Gasteiger charge is 2.48. The summed E-state index contributed by atoms with van der Waals surface area (Å²) in [5.74, 6) is 0. The van der Waals surface area contributed by atoms with Crippen molar-refractivity contribution in [3.8, 4) is 0 Å². The van der Waals surface area contributed by atoms with Crippen molar-refractivity contribution in [2.75, 3.05) is 33.0 Å². The Balaban J connectivity index is 2.31. The molecule has 1 aromatic rings. The zero-order valence-electron chi connectivity index (χ0n) is 21.5. The number of hydrogen-bond acceptors (Lipinski definition) is 5. The van der Waals surface area contributed by atoms with Gasteiger partial charge in [0.1, 0.15) is 30.5 Å². The monoisotopic (exact) mass is 464 g/mol. The molecule has 0 aromatic heterocycles. The van der Waals surface area contributed by atoms with Crippen LogP contribution < -0.4 is 0 Å². The van der Waals surface area contributed by atoms with Crippen LogP contribution in [0.3, 0.4) is 0 Å². The lowest BCUT2D eigenvalue weighted by molar-refractivity contribution is -0.268. The molecule has 1 heterocycles. The maximum Gasteiger partial charge on any atom is 0.117 e. The van der Waals surface area contributed by atoms with E-state index in [9.17, 15) is 0 Å². The lowest BCUT2D eigenvalue weighted by atomic mass is 9.90. The van der Waals surface area contributed by atoms with Crippen LogP contribution in [0.2, 0.25) is 0 Å². The van der Waals surface area contributed by atoms with Crippen LogP contribution in [0.4, 0.5) is 0 Å². The van der Waals surface area contributed by atoms with E-state index in [0.29, 0.717) is 26.4 Å². The maximum absolute atomic E-state index is 6.72. The van der Waals surface area contributed by atoms with E-state index in [0.717, 1.165) is 63.5 Å². The van der Waals surface area contributed by atoms with Crippen LogP contribution >= 0.6 is 0 Å². The first-order valence-electron chi connectivity index (χ1n) is 13.4. The van der Waals surface area contributed by atoms with Crippen molar-refractivity contribution >= 4 is 0 Å². The van der Waals surface area contributed by atoms with Gasteiger partial charge in [0, 0.05) is 26.4 Å². The second kappa shape index (κ2) is 17.5. The van der Waals surface area contributed by atoms with E-state index in [1.54, 1.807) is 0 Å². The molecule has 0 N–H and O–H groups in total. The first kappa shape index (κ1) is 28.3.